The molecule has 0 radical (unpaired) electrons. The number of rotatable bonds is 6. The maximum atomic E-state index is 11.9. The van der Waals surface area contributed by atoms with Crippen LogP contribution in [-0.4, -0.2) is 28.8 Å². The van der Waals surface area contributed by atoms with Crippen molar-refractivity contribution in [3.05, 3.63) is 17.8 Å². The number of nitrogens with one attached hydrogen (secondary N) is 1. The number of hydrogen-bond acceptors (Lipinski definition) is 4. The van der Waals surface area contributed by atoms with E-state index in [9.17, 15) is 18.0 Å². The van der Waals surface area contributed by atoms with Gasteiger partial charge in [-0.25, -0.2) is 9.78 Å². The Bertz CT molecular complexity index is 449. The van der Waals surface area contributed by atoms with Gasteiger partial charge in [-0.15, -0.1) is 0 Å². The van der Waals surface area contributed by atoms with Crippen LogP contribution in [0.25, 0.3) is 0 Å². The highest BCUT2D eigenvalue weighted by molar-refractivity contribution is 5.89. The quantitative estimate of drug-likeness (QED) is 0.695. The first kappa shape index (κ1) is 15.1. The molecule has 19 heavy (non-hydrogen) atoms. The van der Waals surface area contributed by atoms with Crippen LogP contribution in [-0.2, 0) is 0 Å². The second kappa shape index (κ2) is 6.26. The standard InChI is InChI=1S/C11H14F3N3O2/c12-11(13,14)3-1-2-4-16-9-8(15)5-7(6-17-9)10(18)19/h5-6H,1-4,15H2,(H,16,17)(H,18,19). The average Bonchev–Trinajstić information content (AvgIpc) is 2.28. The van der Waals surface area contributed by atoms with Crippen molar-refractivity contribution in [3.63, 3.8) is 0 Å². The summed E-state index contributed by atoms with van der Waals surface area (Å²) in [4.78, 5) is 14.4. The minimum atomic E-state index is -4.14. The van der Waals surface area contributed by atoms with Gasteiger partial charge >= 0.3 is 12.1 Å². The summed E-state index contributed by atoms with van der Waals surface area (Å²) in [5.41, 5.74) is 5.68. The van der Waals surface area contributed by atoms with Crippen LogP contribution in [0.3, 0.4) is 0 Å². The summed E-state index contributed by atoms with van der Waals surface area (Å²) < 4.78 is 35.6. The van der Waals surface area contributed by atoms with Gasteiger partial charge in [0.2, 0.25) is 0 Å². The van der Waals surface area contributed by atoms with Crippen LogP contribution in [0.1, 0.15) is 29.6 Å². The predicted octanol–water partition coefficient (Wildman–Crippen LogP) is 2.51. The lowest BCUT2D eigenvalue weighted by atomic mass is 10.2. The van der Waals surface area contributed by atoms with Crippen molar-refractivity contribution in [1.82, 2.24) is 4.98 Å². The van der Waals surface area contributed by atoms with Gasteiger partial charge in [-0.2, -0.15) is 13.2 Å². The molecule has 0 bridgehead atoms. The lowest BCUT2D eigenvalue weighted by Gasteiger charge is -2.09. The molecule has 0 saturated carbocycles. The highest BCUT2D eigenvalue weighted by atomic mass is 19.4. The molecule has 0 atom stereocenters. The van der Waals surface area contributed by atoms with E-state index in [0.717, 1.165) is 6.20 Å². The average molecular weight is 277 g/mol. The fraction of sp³-hybridized carbons (Fsp3) is 0.455. The molecular weight excluding hydrogens is 263 g/mol. The van der Waals surface area contributed by atoms with Gasteiger partial charge in [-0.1, -0.05) is 0 Å². The molecule has 0 fully saturated rings. The zero-order valence-corrected chi connectivity index (χ0v) is 10.00. The maximum Gasteiger partial charge on any atom is 0.389 e. The zero-order valence-electron chi connectivity index (χ0n) is 10.00. The van der Waals surface area contributed by atoms with Gasteiger partial charge in [0.05, 0.1) is 11.3 Å². The van der Waals surface area contributed by atoms with E-state index in [1.165, 1.54) is 6.07 Å². The van der Waals surface area contributed by atoms with Gasteiger partial charge in [-0.05, 0) is 18.9 Å². The number of pyridine rings is 1. The number of hydrogen-bond donors (Lipinski definition) is 3. The molecule has 1 aromatic heterocycles. The fourth-order valence-corrected chi connectivity index (χ4v) is 1.40. The molecule has 0 aliphatic heterocycles. The van der Waals surface area contributed by atoms with Crippen LogP contribution in [0.2, 0.25) is 0 Å². The summed E-state index contributed by atoms with van der Waals surface area (Å²) in [5, 5.41) is 11.5. The number of alkyl halides is 3. The van der Waals surface area contributed by atoms with E-state index in [2.05, 4.69) is 10.3 Å². The largest absolute Gasteiger partial charge is 0.478 e. The first-order chi connectivity index (χ1) is 8.79. The number of carboxylic acid groups (broad SMARTS) is 1. The lowest BCUT2D eigenvalue weighted by Crippen LogP contribution is -2.10. The van der Waals surface area contributed by atoms with Crippen LogP contribution in [0, 0.1) is 0 Å². The van der Waals surface area contributed by atoms with Crippen LogP contribution in [0.4, 0.5) is 24.7 Å². The molecule has 5 nitrogen and oxygen atoms in total. The number of halogens is 3. The van der Waals surface area contributed by atoms with Gasteiger partial charge < -0.3 is 16.2 Å². The van der Waals surface area contributed by atoms with Gasteiger partial charge in [0, 0.05) is 19.2 Å². The fourth-order valence-electron chi connectivity index (χ4n) is 1.40. The third-order valence-corrected chi connectivity index (χ3v) is 2.34. The first-order valence-corrected chi connectivity index (χ1v) is 5.59. The van der Waals surface area contributed by atoms with Gasteiger partial charge in [0.15, 0.2) is 0 Å². The van der Waals surface area contributed by atoms with E-state index in [-0.39, 0.29) is 23.5 Å². The van der Waals surface area contributed by atoms with Crippen molar-refractivity contribution < 1.29 is 23.1 Å². The van der Waals surface area contributed by atoms with Crippen LogP contribution in [0.15, 0.2) is 12.3 Å². The second-order valence-corrected chi connectivity index (χ2v) is 3.97. The Hall–Kier alpha value is -1.99. The highest BCUT2D eigenvalue weighted by Crippen LogP contribution is 2.22. The molecule has 8 heteroatoms. The molecule has 0 amide bonds. The second-order valence-electron chi connectivity index (χ2n) is 3.97. The Balaban J connectivity index is 2.40. The number of carbonyl (C=O) groups is 1. The Morgan fingerprint density at radius 1 is 1.42 bits per heavy atom. The van der Waals surface area contributed by atoms with E-state index in [0.29, 0.717) is 13.0 Å². The molecule has 4 N–H and O–H groups in total. The molecular formula is C11H14F3N3O2. The van der Waals surface area contributed by atoms with Crippen molar-refractivity contribution in [2.24, 2.45) is 0 Å². The lowest BCUT2D eigenvalue weighted by molar-refractivity contribution is -0.135. The smallest absolute Gasteiger partial charge is 0.389 e. The summed E-state index contributed by atoms with van der Waals surface area (Å²) in [6.45, 7) is 0.291. The number of anilines is 2. The normalized spacial score (nSPS) is 11.3. The Labute approximate surface area is 107 Å². The minimum absolute atomic E-state index is 0.0175. The van der Waals surface area contributed by atoms with E-state index >= 15 is 0 Å². The monoisotopic (exact) mass is 277 g/mol. The molecule has 1 heterocycles. The van der Waals surface area contributed by atoms with Crippen LogP contribution in [0.5, 0.6) is 0 Å². The summed E-state index contributed by atoms with van der Waals surface area (Å²) in [5.74, 6) is -0.868. The third kappa shape index (κ3) is 5.45. The first-order valence-electron chi connectivity index (χ1n) is 5.59. The van der Waals surface area contributed by atoms with Crippen molar-refractivity contribution in [1.29, 1.82) is 0 Å². The third-order valence-electron chi connectivity index (χ3n) is 2.34. The molecule has 0 aliphatic rings. The molecule has 0 unspecified atom stereocenters. The molecule has 1 rings (SSSR count). The highest BCUT2D eigenvalue weighted by Gasteiger charge is 2.25. The van der Waals surface area contributed by atoms with Gasteiger partial charge in [0.25, 0.3) is 0 Å². The molecule has 0 spiro atoms. The number of unbranched alkanes of at least 4 members (excludes halogenated alkanes) is 1. The number of aromatic nitrogens is 1. The minimum Gasteiger partial charge on any atom is -0.478 e. The van der Waals surface area contributed by atoms with Crippen molar-refractivity contribution in [3.8, 4) is 0 Å². The number of nitrogen functional groups attached to an aromatic ring is 1. The van der Waals surface area contributed by atoms with Gasteiger partial charge in [0.1, 0.15) is 5.82 Å². The molecule has 106 valence electrons. The number of carboxylic acids is 1. The van der Waals surface area contributed by atoms with Gasteiger partial charge in [-0.3, -0.25) is 0 Å². The van der Waals surface area contributed by atoms with Crippen molar-refractivity contribution in [2.75, 3.05) is 17.6 Å². The van der Waals surface area contributed by atoms with Crippen LogP contribution < -0.4 is 11.1 Å². The number of nitrogens with two attached hydrogens (primary N) is 1. The predicted molar refractivity (Wildman–Crippen MR) is 64.0 cm³/mol. The summed E-state index contributed by atoms with van der Waals surface area (Å²) in [6.07, 6.45) is -3.49. The van der Waals surface area contributed by atoms with E-state index in [4.69, 9.17) is 10.8 Å². The Morgan fingerprint density at radius 2 is 2.11 bits per heavy atom. The van der Waals surface area contributed by atoms with E-state index in [1.807, 2.05) is 0 Å². The Morgan fingerprint density at radius 3 is 2.63 bits per heavy atom. The number of nitrogens with zero attached hydrogens (tertiary/aromatic N) is 1. The molecule has 0 saturated heterocycles. The number of aromatic carboxylic acids is 1. The topological polar surface area (TPSA) is 88.2 Å². The summed E-state index contributed by atoms with van der Waals surface area (Å²) in [6, 6.07) is 1.24. The van der Waals surface area contributed by atoms with Crippen molar-refractivity contribution in [2.45, 2.75) is 25.4 Å². The molecule has 0 aliphatic carbocycles. The molecule has 1 aromatic rings. The SMILES string of the molecule is Nc1cc(C(=O)O)cnc1NCCCCC(F)(F)F. The molecule has 0 aromatic carbocycles. The van der Waals surface area contributed by atoms with Crippen LogP contribution >= 0.6 is 0 Å². The maximum absolute atomic E-state index is 11.9. The Kier molecular flexibility index (Phi) is 4.96. The van der Waals surface area contributed by atoms with Crippen molar-refractivity contribution >= 4 is 17.5 Å². The summed E-state index contributed by atoms with van der Waals surface area (Å²) >= 11 is 0. The van der Waals surface area contributed by atoms with E-state index < -0.39 is 18.6 Å². The van der Waals surface area contributed by atoms with E-state index in [1.54, 1.807) is 0 Å². The zero-order chi connectivity index (χ0) is 14.5. The summed E-state index contributed by atoms with van der Waals surface area (Å²) in [7, 11) is 0.